The molecule has 3 nitrogen and oxygen atoms in total. The fourth-order valence-corrected chi connectivity index (χ4v) is 2.72. The SMILES string of the molecule is Cc1cccc(C(=O)NC2(C)CCOCC2)c1I. The molecule has 4 heteroatoms. The first-order valence-corrected chi connectivity index (χ1v) is 7.25. The Morgan fingerprint density at radius 3 is 2.72 bits per heavy atom. The van der Waals surface area contributed by atoms with Crippen molar-refractivity contribution in [2.75, 3.05) is 13.2 Å². The van der Waals surface area contributed by atoms with Gasteiger partial charge >= 0.3 is 0 Å². The molecule has 0 saturated carbocycles. The zero-order valence-electron chi connectivity index (χ0n) is 10.8. The minimum atomic E-state index is -0.137. The van der Waals surface area contributed by atoms with Crippen LogP contribution >= 0.6 is 22.6 Å². The molecule has 1 heterocycles. The van der Waals surface area contributed by atoms with E-state index in [2.05, 4.69) is 34.8 Å². The van der Waals surface area contributed by atoms with Gasteiger partial charge in [-0.05, 0) is 60.9 Å². The Bertz CT molecular complexity index is 453. The standard InChI is InChI=1S/C14H18INO2/c1-10-4-3-5-11(12(10)15)13(17)16-14(2)6-8-18-9-7-14/h3-5H,6-9H2,1-2H3,(H,16,17). The molecule has 1 fully saturated rings. The summed E-state index contributed by atoms with van der Waals surface area (Å²) in [6, 6.07) is 5.83. The molecule has 0 unspecified atom stereocenters. The predicted molar refractivity (Wildman–Crippen MR) is 79.8 cm³/mol. The van der Waals surface area contributed by atoms with Crippen LogP contribution in [0.15, 0.2) is 18.2 Å². The number of carbonyl (C=O) groups is 1. The average Bonchev–Trinajstić information content (AvgIpc) is 2.33. The summed E-state index contributed by atoms with van der Waals surface area (Å²) >= 11 is 2.23. The summed E-state index contributed by atoms with van der Waals surface area (Å²) in [5.41, 5.74) is 1.77. The number of amides is 1. The lowest BCUT2D eigenvalue weighted by molar-refractivity contribution is 0.0422. The second-order valence-corrected chi connectivity index (χ2v) is 6.14. The Hall–Kier alpha value is -0.620. The van der Waals surface area contributed by atoms with Gasteiger partial charge in [-0.1, -0.05) is 12.1 Å². The van der Waals surface area contributed by atoms with E-state index in [4.69, 9.17) is 4.74 Å². The molecule has 0 aliphatic carbocycles. The fourth-order valence-electron chi connectivity index (χ4n) is 2.11. The van der Waals surface area contributed by atoms with E-state index in [1.165, 1.54) is 0 Å². The molecule has 0 radical (unpaired) electrons. The number of rotatable bonds is 2. The normalized spacial score (nSPS) is 18.4. The van der Waals surface area contributed by atoms with Crippen LogP contribution in [0.2, 0.25) is 0 Å². The smallest absolute Gasteiger partial charge is 0.252 e. The monoisotopic (exact) mass is 359 g/mol. The number of nitrogens with one attached hydrogen (secondary N) is 1. The number of hydrogen-bond acceptors (Lipinski definition) is 2. The largest absolute Gasteiger partial charge is 0.381 e. The van der Waals surface area contributed by atoms with Crippen LogP contribution in [0, 0.1) is 10.5 Å². The summed E-state index contributed by atoms with van der Waals surface area (Å²) in [5.74, 6) is 0.0208. The van der Waals surface area contributed by atoms with Gasteiger partial charge < -0.3 is 10.1 Å². The Morgan fingerprint density at radius 2 is 2.06 bits per heavy atom. The van der Waals surface area contributed by atoms with Crippen molar-refractivity contribution < 1.29 is 9.53 Å². The molecule has 18 heavy (non-hydrogen) atoms. The number of carbonyl (C=O) groups excluding carboxylic acids is 1. The van der Waals surface area contributed by atoms with E-state index in [0.717, 1.165) is 40.8 Å². The number of benzene rings is 1. The highest BCUT2D eigenvalue weighted by Gasteiger charge is 2.29. The highest BCUT2D eigenvalue weighted by Crippen LogP contribution is 2.22. The molecule has 1 aliphatic rings. The molecule has 0 atom stereocenters. The lowest BCUT2D eigenvalue weighted by Gasteiger charge is -2.34. The molecular formula is C14H18INO2. The van der Waals surface area contributed by atoms with E-state index >= 15 is 0 Å². The van der Waals surface area contributed by atoms with Crippen molar-refractivity contribution in [1.82, 2.24) is 5.32 Å². The maximum absolute atomic E-state index is 12.3. The summed E-state index contributed by atoms with van der Waals surface area (Å²) in [4.78, 5) is 12.3. The van der Waals surface area contributed by atoms with E-state index in [1.54, 1.807) is 0 Å². The molecular weight excluding hydrogens is 341 g/mol. The Balaban J connectivity index is 2.14. The van der Waals surface area contributed by atoms with E-state index in [0.29, 0.717) is 0 Å². The van der Waals surface area contributed by atoms with Crippen LogP contribution in [0.3, 0.4) is 0 Å². The van der Waals surface area contributed by atoms with Crippen molar-refractivity contribution in [1.29, 1.82) is 0 Å². The van der Waals surface area contributed by atoms with Gasteiger partial charge in [-0.2, -0.15) is 0 Å². The van der Waals surface area contributed by atoms with Crippen LogP contribution in [-0.2, 0) is 4.74 Å². The topological polar surface area (TPSA) is 38.3 Å². The van der Waals surface area contributed by atoms with E-state index in [9.17, 15) is 4.79 Å². The molecule has 1 aromatic carbocycles. The van der Waals surface area contributed by atoms with Gasteiger partial charge in [-0.25, -0.2) is 0 Å². The van der Waals surface area contributed by atoms with Crippen molar-refractivity contribution in [3.8, 4) is 0 Å². The third-order valence-electron chi connectivity index (χ3n) is 3.45. The number of hydrogen-bond donors (Lipinski definition) is 1. The molecule has 1 N–H and O–H groups in total. The summed E-state index contributed by atoms with van der Waals surface area (Å²) < 4.78 is 6.37. The quantitative estimate of drug-likeness (QED) is 0.825. The first-order valence-electron chi connectivity index (χ1n) is 6.17. The molecule has 1 aliphatic heterocycles. The molecule has 0 aromatic heterocycles. The number of aryl methyl sites for hydroxylation is 1. The highest BCUT2D eigenvalue weighted by molar-refractivity contribution is 14.1. The van der Waals surface area contributed by atoms with Gasteiger partial charge in [0.25, 0.3) is 5.91 Å². The summed E-state index contributed by atoms with van der Waals surface area (Å²) in [7, 11) is 0. The van der Waals surface area contributed by atoms with Crippen LogP contribution in [0.4, 0.5) is 0 Å². The lowest BCUT2D eigenvalue weighted by atomic mass is 9.92. The second kappa shape index (κ2) is 5.57. The second-order valence-electron chi connectivity index (χ2n) is 5.06. The van der Waals surface area contributed by atoms with Crippen molar-refractivity contribution in [3.63, 3.8) is 0 Å². The number of ether oxygens (including phenoxy) is 1. The molecule has 1 amide bonds. The average molecular weight is 359 g/mol. The summed E-state index contributed by atoms with van der Waals surface area (Å²) in [6.45, 7) is 5.56. The lowest BCUT2D eigenvalue weighted by Crippen LogP contribution is -2.49. The Labute approximate surface area is 121 Å². The molecule has 98 valence electrons. The van der Waals surface area contributed by atoms with E-state index in [1.807, 2.05) is 25.1 Å². The van der Waals surface area contributed by atoms with Crippen molar-refractivity contribution in [3.05, 3.63) is 32.9 Å². The van der Waals surface area contributed by atoms with Crippen LogP contribution in [-0.4, -0.2) is 24.7 Å². The van der Waals surface area contributed by atoms with Crippen LogP contribution < -0.4 is 5.32 Å². The molecule has 2 rings (SSSR count). The van der Waals surface area contributed by atoms with Gasteiger partial charge in [0.05, 0.1) is 5.56 Å². The van der Waals surface area contributed by atoms with Gasteiger partial charge in [0.1, 0.15) is 0 Å². The van der Waals surface area contributed by atoms with Gasteiger partial charge in [0.2, 0.25) is 0 Å². The van der Waals surface area contributed by atoms with Crippen LogP contribution in [0.5, 0.6) is 0 Å². The van der Waals surface area contributed by atoms with Gasteiger partial charge in [0.15, 0.2) is 0 Å². The maximum atomic E-state index is 12.3. The Morgan fingerprint density at radius 1 is 1.39 bits per heavy atom. The van der Waals surface area contributed by atoms with Crippen molar-refractivity contribution >= 4 is 28.5 Å². The third-order valence-corrected chi connectivity index (χ3v) is 4.88. The van der Waals surface area contributed by atoms with Crippen LogP contribution in [0.1, 0.15) is 35.7 Å². The molecule has 0 spiro atoms. The summed E-state index contributed by atoms with van der Waals surface area (Å²) in [6.07, 6.45) is 1.75. The molecule has 1 saturated heterocycles. The van der Waals surface area contributed by atoms with E-state index < -0.39 is 0 Å². The molecule has 0 bridgehead atoms. The zero-order valence-corrected chi connectivity index (χ0v) is 12.9. The van der Waals surface area contributed by atoms with Gasteiger partial charge in [-0.15, -0.1) is 0 Å². The van der Waals surface area contributed by atoms with Crippen molar-refractivity contribution in [2.45, 2.75) is 32.2 Å². The van der Waals surface area contributed by atoms with E-state index in [-0.39, 0.29) is 11.4 Å². The van der Waals surface area contributed by atoms with Gasteiger partial charge in [0, 0.05) is 22.3 Å². The van der Waals surface area contributed by atoms with Crippen LogP contribution in [0.25, 0.3) is 0 Å². The first kappa shape index (κ1) is 13.8. The Kier molecular flexibility index (Phi) is 4.27. The maximum Gasteiger partial charge on any atom is 0.252 e. The minimum Gasteiger partial charge on any atom is -0.381 e. The number of halogens is 1. The van der Waals surface area contributed by atoms with Crippen molar-refractivity contribution in [2.24, 2.45) is 0 Å². The first-order chi connectivity index (χ1) is 8.52. The molecule has 1 aromatic rings. The third kappa shape index (κ3) is 3.03. The zero-order chi connectivity index (χ0) is 13.2. The fraction of sp³-hybridized carbons (Fsp3) is 0.500. The minimum absolute atomic E-state index is 0.0208. The summed E-state index contributed by atoms with van der Waals surface area (Å²) in [5, 5.41) is 3.16. The predicted octanol–water partition coefficient (Wildman–Crippen LogP) is 2.90. The van der Waals surface area contributed by atoms with Gasteiger partial charge in [-0.3, -0.25) is 4.79 Å². The highest BCUT2D eigenvalue weighted by atomic mass is 127.